The maximum atomic E-state index is 12.7. The van der Waals surface area contributed by atoms with Gasteiger partial charge in [-0.3, -0.25) is 4.79 Å². The van der Waals surface area contributed by atoms with Gasteiger partial charge in [-0.1, -0.05) is 30.3 Å². The zero-order valence-electron chi connectivity index (χ0n) is 19.2. The second-order valence-corrected chi connectivity index (χ2v) is 6.96. The summed E-state index contributed by atoms with van der Waals surface area (Å²) in [5, 5.41) is 4.47. The van der Waals surface area contributed by atoms with E-state index in [-0.39, 0.29) is 28.9 Å². The molecule has 0 spiro atoms. The smallest absolute Gasteiger partial charge is 0.360 e. The topological polar surface area (TPSA) is 159 Å². The number of carbonyl (C=O) groups is 3. The van der Waals surface area contributed by atoms with Crippen LogP contribution in [0, 0.1) is 6.92 Å². The molecule has 0 bridgehead atoms. The van der Waals surface area contributed by atoms with Gasteiger partial charge in [0.05, 0.1) is 14.2 Å². The number of amides is 1. The first-order valence-electron chi connectivity index (χ1n) is 10.2. The number of methoxy groups -OCH3 is 2. The minimum atomic E-state index is -0.660. The van der Waals surface area contributed by atoms with Gasteiger partial charge in [-0.25, -0.2) is 29.5 Å². The molecule has 0 atom stereocenters. The number of nitrogen functional groups attached to an aromatic ring is 1. The van der Waals surface area contributed by atoms with Gasteiger partial charge in [0.2, 0.25) is 0 Å². The molecule has 0 saturated carbocycles. The molecule has 0 aliphatic carbocycles. The highest BCUT2D eigenvalue weighted by atomic mass is 16.5. The van der Waals surface area contributed by atoms with E-state index >= 15 is 0 Å². The molecular formula is C24H22N6O5. The van der Waals surface area contributed by atoms with E-state index in [1.54, 1.807) is 6.07 Å². The predicted molar refractivity (Wildman–Crippen MR) is 128 cm³/mol. The van der Waals surface area contributed by atoms with E-state index in [9.17, 15) is 14.4 Å². The van der Waals surface area contributed by atoms with E-state index in [1.807, 2.05) is 37.3 Å². The molecule has 2 heterocycles. The van der Waals surface area contributed by atoms with E-state index in [1.165, 1.54) is 39.0 Å². The van der Waals surface area contributed by atoms with Crippen molar-refractivity contribution >= 4 is 40.3 Å². The number of hydrogen-bond acceptors (Lipinski definition) is 10. The van der Waals surface area contributed by atoms with Crippen LogP contribution in [0.4, 0.5) is 11.6 Å². The van der Waals surface area contributed by atoms with Crippen LogP contribution in [0.5, 0.6) is 0 Å². The Kier molecular flexibility index (Phi) is 7.96. The van der Waals surface area contributed by atoms with Gasteiger partial charge in [0.15, 0.2) is 23.0 Å². The van der Waals surface area contributed by atoms with Crippen molar-refractivity contribution in [1.82, 2.24) is 19.9 Å². The number of ether oxygens (including phenoxy) is 2. The van der Waals surface area contributed by atoms with Crippen molar-refractivity contribution in [2.75, 3.05) is 25.3 Å². The maximum absolute atomic E-state index is 12.7. The second kappa shape index (κ2) is 11.3. The van der Waals surface area contributed by atoms with Crippen LogP contribution in [0.1, 0.15) is 36.9 Å². The number of aryl methyl sites for hydroxylation is 1. The van der Waals surface area contributed by atoms with Crippen LogP contribution < -0.4 is 11.1 Å². The largest absolute Gasteiger partial charge is 0.464 e. The van der Waals surface area contributed by atoms with Gasteiger partial charge in [0.1, 0.15) is 0 Å². The molecule has 0 unspecified atom stereocenters. The molecule has 0 saturated heterocycles. The highest BCUT2D eigenvalue weighted by Crippen LogP contribution is 2.23. The Morgan fingerprint density at radius 1 is 0.771 bits per heavy atom. The van der Waals surface area contributed by atoms with Gasteiger partial charge < -0.3 is 20.5 Å². The highest BCUT2D eigenvalue weighted by molar-refractivity contribution is 6.14. The number of esters is 2. The van der Waals surface area contributed by atoms with E-state index in [0.29, 0.717) is 5.56 Å². The summed E-state index contributed by atoms with van der Waals surface area (Å²) in [6.45, 7) is 1.99. The van der Waals surface area contributed by atoms with E-state index in [4.69, 9.17) is 5.73 Å². The van der Waals surface area contributed by atoms with E-state index < -0.39 is 11.9 Å². The number of benzene rings is 2. The zero-order chi connectivity index (χ0) is 25.4. The molecule has 0 aliphatic heterocycles. The molecule has 35 heavy (non-hydrogen) atoms. The molecule has 0 fully saturated rings. The van der Waals surface area contributed by atoms with Crippen LogP contribution in [-0.2, 0) is 9.47 Å². The lowest BCUT2D eigenvalue weighted by Gasteiger charge is -2.10. The Bertz CT molecular complexity index is 1390. The Balaban J connectivity index is 0.000000261. The summed E-state index contributed by atoms with van der Waals surface area (Å²) in [5.41, 5.74) is 6.91. The number of hydrogen-bond donors (Lipinski definition) is 2. The molecule has 4 aromatic rings. The van der Waals surface area contributed by atoms with Crippen molar-refractivity contribution in [3.63, 3.8) is 0 Å². The van der Waals surface area contributed by atoms with E-state index in [0.717, 1.165) is 16.3 Å². The first-order valence-corrected chi connectivity index (χ1v) is 10.2. The summed E-state index contributed by atoms with van der Waals surface area (Å²) in [5.74, 6) is -1.45. The van der Waals surface area contributed by atoms with Crippen LogP contribution in [-0.4, -0.2) is 52.0 Å². The van der Waals surface area contributed by atoms with Gasteiger partial charge in [0.25, 0.3) is 5.91 Å². The average molecular weight is 474 g/mol. The van der Waals surface area contributed by atoms with Gasteiger partial charge in [0, 0.05) is 30.4 Å². The first kappa shape index (κ1) is 24.7. The van der Waals surface area contributed by atoms with Crippen molar-refractivity contribution in [3.8, 4) is 0 Å². The van der Waals surface area contributed by atoms with Crippen molar-refractivity contribution in [2.24, 2.45) is 0 Å². The molecule has 0 aliphatic rings. The number of fused-ring (bicyclic) bond motifs is 1. The average Bonchev–Trinajstić information content (AvgIpc) is 2.89. The standard InChI is InChI=1S/C18H15N3O3.C6H7N3O2/c1-11-7-8-14(13-6-4-3-5-12(11)13)17(22)21-16-15(18(23)24-2)19-9-10-20-16;1-11-6(10)4-5(7)9-3-2-8-4/h3-10H,1-2H3,(H,20,21,22);2-3H,1H3,(H2,7,9). The fourth-order valence-electron chi connectivity index (χ4n) is 3.10. The molecule has 3 N–H and O–H groups in total. The second-order valence-electron chi connectivity index (χ2n) is 6.96. The maximum Gasteiger partial charge on any atom is 0.360 e. The molecule has 2 aromatic carbocycles. The SMILES string of the molecule is COC(=O)c1nccnc1N.COC(=O)c1nccnc1NC(=O)c1ccc(C)c2ccccc12. The minimum Gasteiger partial charge on any atom is -0.464 e. The number of anilines is 2. The fraction of sp³-hybridized carbons (Fsp3) is 0.125. The van der Waals surface area contributed by atoms with Gasteiger partial charge in [-0.15, -0.1) is 0 Å². The van der Waals surface area contributed by atoms with Gasteiger partial charge in [-0.05, 0) is 29.3 Å². The molecule has 2 aromatic heterocycles. The third kappa shape index (κ3) is 5.71. The fourth-order valence-corrected chi connectivity index (χ4v) is 3.10. The molecule has 4 rings (SSSR count). The van der Waals surface area contributed by atoms with Crippen molar-refractivity contribution < 1.29 is 23.9 Å². The molecule has 11 nitrogen and oxygen atoms in total. The van der Waals surface area contributed by atoms with Crippen LogP contribution in [0.15, 0.2) is 61.2 Å². The first-order chi connectivity index (χ1) is 16.9. The Morgan fingerprint density at radius 3 is 2.00 bits per heavy atom. The van der Waals surface area contributed by atoms with Crippen LogP contribution in [0.25, 0.3) is 10.8 Å². The number of carbonyl (C=O) groups excluding carboxylic acids is 3. The van der Waals surface area contributed by atoms with Crippen LogP contribution in [0.3, 0.4) is 0 Å². The Morgan fingerprint density at radius 2 is 1.34 bits per heavy atom. The van der Waals surface area contributed by atoms with Crippen LogP contribution in [0.2, 0.25) is 0 Å². The summed E-state index contributed by atoms with van der Waals surface area (Å²) < 4.78 is 9.05. The molecular weight excluding hydrogens is 452 g/mol. The summed E-state index contributed by atoms with van der Waals surface area (Å²) in [6.07, 6.45) is 5.54. The Labute approximate surface area is 200 Å². The Hall–Kier alpha value is -4.93. The zero-order valence-corrected chi connectivity index (χ0v) is 19.2. The molecule has 0 radical (unpaired) electrons. The quantitative estimate of drug-likeness (QED) is 0.421. The lowest BCUT2D eigenvalue weighted by atomic mass is 10.00. The summed E-state index contributed by atoms with van der Waals surface area (Å²) >= 11 is 0. The van der Waals surface area contributed by atoms with Crippen LogP contribution >= 0.6 is 0 Å². The number of nitrogens with one attached hydrogen (secondary N) is 1. The van der Waals surface area contributed by atoms with E-state index in [2.05, 4.69) is 34.7 Å². The molecule has 11 heteroatoms. The van der Waals surface area contributed by atoms with Gasteiger partial charge >= 0.3 is 11.9 Å². The third-order valence-corrected chi connectivity index (χ3v) is 4.80. The number of aromatic nitrogens is 4. The summed E-state index contributed by atoms with van der Waals surface area (Å²) in [7, 11) is 2.51. The van der Waals surface area contributed by atoms with Crippen molar-refractivity contribution in [2.45, 2.75) is 6.92 Å². The molecule has 1 amide bonds. The molecule has 178 valence electrons. The lowest BCUT2D eigenvalue weighted by molar-refractivity contribution is 0.0586. The summed E-state index contributed by atoms with van der Waals surface area (Å²) in [6, 6.07) is 11.3. The number of rotatable bonds is 4. The van der Waals surface area contributed by atoms with Crippen molar-refractivity contribution in [1.29, 1.82) is 0 Å². The monoisotopic (exact) mass is 474 g/mol. The van der Waals surface area contributed by atoms with Crippen molar-refractivity contribution in [3.05, 3.63) is 83.7 Å². The highest BCUT2D eigenvalue weighted by Gasteiger charge is 2.18. The van der Waals surface area contributed by atoms with Gasteiger partial charge in [-0.2, -0.15) is 0 Å². The predicted octanol–water partition coefficient (Wildman–Crippen LogP) is 2.82. The number of nitrogens with two attached hydrogens (primary N) is 1. The minimum absolute atomic E-state index is 0.0373. The summed E-state index contributed by atoms with van der Waals surface area (Å²) in [4.78, 5) is 50.5. The lowest BCUT2D eigenvalue weighted by Crippen LogP contribution is -2.18. The number of nitrogens with zero attached hydrogens (tertiary/aromatic N) is 4. The third-order valence-electron chi connectivity index (χ3n) is 4.80. The normalized spacial score (nSPS) is 10.0.